The van der Waals surface area contributed by atoms with Gasteiger partial charge in [0.05, 0.1) is 5.88 Å². The minimum atomic E-state index is -2.95. The summed E-state index contributed by atoms with van der Waals surface area (Å²) >= 11 is 8.78. The molecule has 94 valence electrons. The number of hydrogen-bond acceptors (Lipinski definition) is 2. The summed E-state index contributed by atoms with van der Waals surface area (Å²) in [4.78, 5) is 10.6. The Morgan fingerprint density at radius 3 is 2.65 bits per heavy atom. The van der Waals surface area contributed by atoms with Crippen molar-refractivity contribution in [1.82, 2.24) is 0 Å². The van der Waals surface area contributed by atoms with E-state index in [9.17, 15) is 13.6 Å². The zero-order valence-corrected chi connectivity index (χ0v) is 11.3. The molecule has 0 N–H and O–H groups in total. The summed E-state index contributed by atoms with van der Waals surface area (Å²) < 4.78 is 29.1. The second-order valence-electron chi connectivity index (χ2n) is 3.32. The third kappa shape index (κ3) is 3.64. The molecule has 0 bridgehead atoms. The highest BCUT2D eigenvalue weighted by Gasteiger charge is 2.21. The minimum Gasteiger partial charge on any atom is -0.434 e. The average molecular weight is 328 g/mol. The van der Waals surface area contributed by atoms with E-state index in [0.29, 0.717) is 11.1 Å². The SMILES string of the molecule is CC(=O)C(Br)c1cccc(CCl)c1OC(F)F. The van der Waals surface area contributed by atoms with Crippen LogP contribution in [0.2, 0.25) is 0 Å². The summed E-state index contributed by atoms with van der Waals surface area (Å²) in [5, 5.41) is 0. The smallest absolute Gasteiger partial charge is 0.387 e. The van der Waals surface area contributed by atoms with Gasteiger partial charge in [-0.05, 0) is 6.92 Å². The van der Waals surface area contributed by atoms with E-state index in [1.165, 1.54) is 6.92 Å². The molecule has 0 spiro atoms. The Morgan fingerprint density at radius 1 is 1.53 bits per heavy atom. The third-order valence-electron chi connectivity index (χ3n) is 2.11. The Labute approximate surface area is 111 Å². The van der Waals surface area contributed by atoms with Gasteiger partial charge in [0, 0.05) is 11.1 Å². The number of para-hydroxylation sites is 1. The number of ether oxygens (including phenoxy) is 1. The van der Waals surface area contributed by atoms with Crippen molar-refractivity contribution in [3.05, 3.63) is 29.3 Å². The fourth-order valence-corrected chi connectivity index (χ4v) is 1.93. The summed E-state index contributed by atoms with van der Waals surface area (Å²) in [5.41, 5.74) is 0.783. The van der Waals surface area contributed by atoms with Gasteiger partial charge in [0.15, 0.2) is 0 Å². The Kier molecular flexibility index (Phi) is 5.33. The number of Topliss-reactive ketones (excluding diaryl/α,β-unsaturated/α-hetero) is 1. The van der Waals surface area contributed by atoms with Crippen molar-refractivity contribution in [2.24, 2.45) is 0 Å². The van der Waals surface area contributed by atoms with Gasteiger partial charge in [-0.3, -0.25) is 4.79 Å². The van der Waals surface area contributed by atoms with Crippen LogP contribution >= 0.6 is 27.5 Å². The molecule has 2 nitrogen and oxygen atoms in total. The number of carbonyl (C=O) groups is 1. The quantitative estimate of drug-likeness (QED) is 0.763. The molecule has 0 saturated carbocycles. The first kappa shape index (κ1) is 14.4. The molecule has 0 amide bonds. The number of benzene rings is 1. The van der Waals surface area contributed by atoms with Crippen LogP contribution in [0.4, 0.5) is 8.78 Å². The van der Waals surface area contributed by atoms with Crippen molar-refractivity contribution in [3.8, 4) is 5.75 Å². The standard InChI is InChI=1S/C11H10BrClF2O2/c1-6(16)9(12)8-4-2-3-7(5-13)10(8)17-11(14)15/h2-4,9,11H,5H2,1H3. The molecule has 0 fully saturated rings. The number of carbonyl (C=O) groups excluding carboxylic acids is 1. The maximum atomic E-state index is 12.3. The number of halogens is 4. The maximum absolute atomic E-state index is 12.3. The van der Waals surface area contributed by atoms with Gasteiger partial charge in [0.1, 0.15) is 16.4 Å². The van der Waals surface area contributed by atoms with E-state index in [4.69, 9.17) is 11.6 Å². The van der Waals surface area contributed by atoms with Gasteiger partial charge in [-0.15, -0.1) is 11.6 Å². The van der Waals surface area contributed by atoms with Crippen molar-refractivity contribution >= 4 is 33.3 Å². The molecule has 0 aromatic heterocycles. The molecule has 1 aromatic carbocycles. The van der Waals surface area contributed by atoms with Gasteiger partial charge in [-0.1, -0.05) is 34.1 Å². The summed E-state index contributed by atoms with van der Waals surface area (Å²) in [6.07, 6.45) is 0. The second-order valence-corrected chi connectivity index (χ2v) is 4.50. The van der Waals surface area contributed by atoms with Crippen molar-refractivity contribution < 1.29 is 18.3 Å². The van der Waals surface area contributed by atoms with Crippen LogP contribution in [-0.2, 0) is 10.7 Å². The molecule has 17 heavy (non-hydrogen) atoms. The van der Waals surface area contributed by atoms with E-state index in [-0.39, 0.29) is 17.4 Å². The van der Waals surface area contributed by atoms with Gasteiger partial charge >= 0.3 is 6.61 Å². The van der Waals surface area contributed by atoms with E-state index < -0.39 is 11.4 Å². The summed E-state index contributed by atoms with van der Waals surface area (Å²) in [7, 11) is 0. The van der Waals surface area contributed by atoms with Crippen molar-refractivity contribution in [1.29, 1.82) is 0 Å². The van der Waals surface area contributed by atoms with Gasteiger partial charge in [-0.2, -0.15) is 8.78 Å². The second kappa shape index (κ2) is 6.31. The van der Waals surface area contributed by atoms with Crippen LogP contribution in [0.15, 0.2) is 18.2 Å². The molecular formula is C11H10BrClF2O2. The lowest BCUT2D eigenvalue weighted by Crippen LogP contribution is -2.10. The first-order valence-corrected chi connectivity index (χ1v) is 6.19. The average Bonchev–Trinajstić information content (AvgIpc) is 2.27. The lowest BCUT2D eigenvalue weighted by molar-refractivity contribution is -0.116. The molecule has 0 saturated heterocycles. The predicted octanol–water partition coefficient (Wildman–Crippen LogP) is 4.05. The third-order valence-corrected chi connectivity index (χ3v) is 3.53. The lowest BCUT2D eigenvalue weighted by atomic mass is 10.0. The van der Waals surface area contributed by atoms with Crippen LogP contribution < -0.4 is 4.74 Å². The molecule has 1 rings (SSSR count). The number of alkyl halides is 4. The molecular weight excluding hydrogens is 317 g/mol. The monoisotopic (exact) mass is 326 g/mol. The van der Waals surface area contributed by atoms with E-state index in [2.05, 4.69) is 20.7 Å². The van der Waals surface area contributed by atoms with E-state index in [1.807, 2.05) is 0 Å². The molecule has 6 heteroatoms. The van der Waals surface area contributed by atoms with Crippen LogP contribution in [0, 0.1) is 0 Å². The van der Waals surface area contributed by atoms with Gasteiger partial charge < -0.3 is 4.74 Å². The molecule has 0 radical (unpaired) electrons. The molecule has 0 aliphatic heterocycles. The first-order valence-electron chi connectivity index (χ1n) is 4.74. The Bertz CT molecular complexity index is 412. The van der Waals surface area contributed by atoms with Gasteiger partial charge in [0.2, 0.25) is 0 Å². The van der Waals surface area contributed by atoms with Crippen LogP contribution in [-0.4, -0.2) is 12.4 Å². The highest BCUT2D eigenvalue weighted by Crippen LogP contribution is 2.36. The highest BCUT2D eigenvalue weighted by molar-refractivity contribution is 9.09. The largest absolute Gasteiger partial charge is 0.434 e. The summed E-state index contributed by atoms with van der Waals surface area (Å²) in [6.45, 7) is -1.59. The lowest BCUT2D eigenvalue weighted by Gasteiger charge is -2.16. The zero-order valence-electron chi connectivity index (χ0n) is 8.92. The molecule has 0 aliphatic rings. The van der Waals surface area contributed by atoms with Crippen molar-refractivity contribution in [2.75, 3.05) is 0 Å². The Morgan fingerprint density at radius 2 is 2.18 bits per heavy atom. The molecule has 0 aliphatic carbocycles. The van der Waals surface area contributed by atoms with E-state index in [1.54, 1.807) is 18.2 Å². The number of hydrogen-bond donors (Lipinski definition) is 0. The molecule has 1 aromatic rings. The molecule has 1 unspecified atom stereocenters. The highest BCUT2D eigenvalue weighted by atomic mass is 79.9. The number of rotatable bonds is 5. The Hall–Kier alpha value is -0.680. The van der Waals surface area contributed by atoms with Crippen molar-refractivity contribution in [3.63, 3.8) is 0 Å². The van der Waals surface area contributed by atoms with Crippen molar-refractivity contribution in [2.45, 2.75) is 24.2 Å². The Balaban J connectivity index is 3.23. The summed E-state index contributed by atoms with van der Waals surface area (Å²) in [5.74, 6) is -0.196. The predicted molar refractivity (Wildman–Crippen MR) is 65.0 cm³/mol. The normalized spacial score (nSPS) is 12.6. The topological polar surface area (TPSA) is 26.3 Å². The van der Waals surface area contributed by atoms with E-state index >= 15 is 0 Å². The van der Waals surface area contributed by atoms with Crippen LogP contribution in [0.25, 0.3) is 0 Å². The fourth-order valence-electron chi connectivity index (χ4n) is 1.36. The first-order chi connectivity index (χ1) is 7.97. The molecule has 0 heterocycles. The van der Waals surface area contributed by atoms with Crippen LogP contribution in [0.5, 0.6) is 5.75 Å². The summed E-state index contributed by atoms with van der Waals surface area (Å²) in [6, 6.07) is 4.77. The minimum absolute atomic E-state index is 0.0328. The van der Waals surface area contributed by atoms with Crippen LogP contribution in [0.1, 0.15) is 22.9 Å². The van der Waals surface area contributed by atoms with Crippen LogP contribution in [0.3, 0.4) is 0 Å². The molecule has 1 atom stereocenters. The fraction of sp³-hybridized carbons (Fsp3) is 0.364. The zero-order chi connectivity index (χ0) is 13.0. The van der Waals surface area contributed by atoms with Gasteiger partial charge in [-0.25, -0.2) is 0 Å². The maximum Gasteiger partial charge on any atom is 0.387 e. The van der Waals surface area contributed by atoms with Gasteiger partial charge in [0.25, 0.3) is 0 Å². The number of ketones is 1. The van der Waals surface area contributed by atoms with E-state index in [0.717, 1.165) is 0 Å².